The van der Waals surface area contributed by atoms with Crippen molar-refractivity contribution in [2.24, 2.45) is 0 Å². The van der Waals surface area contributed by atoms with E-state index in [0.717, 1.165) is 12.0 Å². The first kappa shape index (κ1) is 28.8. The minimum absolute atomic E-state index is 0. The lowest BCUT2D eigenvalue weighted by atomic mass is 10.0. The Morgan fingerprint density at radius 2 is 1.90 bits per heavy atom. The van der Waals surface area contributed by atoms with Gasteiger partial charge in [-0.25, -0.2) is 13.1 Å². The van der Waals surface area contributed by atoms with Gasteiger partial charge < -0.3 is 18.8 Å². The first-order chi connectivity index (χ1) is 19.8. The van der Waals surface area contributed by atoms with Gasteiger partial charge in [-0.1, -0.05) is 37.7 Å². The molecule has 3 aromatic heterocycles. The van der Waals surface area contributed by atoms with Crippen LogP contribution in [-0.2, 0) is 23.0 Å². The maximum absolute atomic E-state index is 13.8. The van der Waals surface area contributed by atoms with Crippen LogP contribution >= 0.6 is 0 Å². The molecule has 1 saturated carbocycles. The summed E-state index contributed by atoms with van der Waals surface area (Å²) in [6.45, 7) is 1.97. The smallest absolute Gasteiger partial charge is 0.282 e. The molecule has 0 aliphatic heterocycles. The monoisotopic (exact) mass is 589 g/mol. The van der Waals surface area contributed by atoms with E-state index < -0.39 is 26.7 Å². The van der Waals surface area contributed by atoms with E-state index in [0.29, 0.717) is 40.6 Å². The second kappa shape index (κ2) is 11.3. The molecule has 12 heteroatoms. The van der Waals surface area contributed by atoms with E-state index in [1.807, 2.05) is 37.3 Å². The third kappa shape index (κ3) is 5.20. The van der Waals surface area contributed by atoms with Crippen molar-refractivity contribution >= 4 is 26.8 Å². The first-order valence-corrected chi connectivity index (χ1v) is 14.7. The number of para-hydroxylation sites is 1. The highest BCUT2D eigenvalue weighted by molar-refractivity contribution is 7.91. The van der Waals surface area contributed by atoms with Crippen molar-refractivity contribution in [2.75, 3.05) is 7.11 Å². The molecule has 0 unspecified atom stereocenters. The number of aryl methyl sites for hydroxylation is 1. The fourth-order valence-corrected chi connectivity index (χ4v) is 6.22. The zero-order valence-corrected chi connectivity index (χ0v) is 23.2. The van der Waals surface area contributed by atoms with Crippen molar-refractivity contribution < 1.29 is 22.5 Å². The Labute approximate surface area is 242 Å². The lowest BCUT2D eigenvalue weighted by Crippen LogP contribution is -2.35. The van der Waals surface area contributed by atoms with Gasteiger partial charge in [0.25, 0.3) is 17.4 Å². The van der Waals surface area contributed by atoms with Gasteiger partial charge in [0.15, 0.2) is 5.82 Å². The SMILES string of the molecule is C.CCc1ccc2c(c1)c(-c1ccc[nH]c1=O)c(C(=O)NS(=O)(=O)C1CC1)n2Cc1noc(-c2ccccc2OC)n1. The summed E-state index contributed by atoms with van der Waals surface area (Å²) >= 11 is 0. The first-order valence-electron chi connectivity index (χ1n) is 13.2. The fraction of sp³-hybridized carbons (Fsp3) is 0.267. The highest BCUT2D eigenvalue weighted by Crippen LogP contribution is 2.36. The van der Waals surface area contributed by atoms with Crippen molar-refractivity contribution in [2.45, 2.75) is 45.4 Å². The molecule has 1 aliphatic carbocycles. The number of ether oxygens (including phenoxy) is 1. The van der Waals surface area contributed by atoms with Crippen LogP contribution in [0.2, 0.25) is 0 Å². The van der Waals surface area contributed by atoms with Gasteiger partial charge in [0.05, 0.1) is 24.5 Å². The molecule has 0 spiro atoms. The largest absolute Gasteiger partial charge is 0.496 e. The molecule has 42 heavy (non-hydrogen) atoms. The summed E-state index contributed by atoms with van der Waals surface area (Å²) in [7, 11) is -2.34. The fourth-order valence-electron chi connectivity index (χ4n) is 4.94. The third-order valence-corrected chi connectivity index (χ3v) is 8.96. The standard InChI is InChI=1S/C29H27N5O6S.CH4/c1-3-17-10-13-22-21(15-17)25(20-8-6-14-30-27(20)35)26(28(36)33-41(37,38)18-11-12-18)34(22)16-24-31-29(40-32-24)19-7-4-5-9-23(19)39-2;/h4-10,13-15,18H,3,11-12,16H2,1-2H3,(H,30,35)(H,33,36);1H4. The highest BCUT2D eigenvalue weighted by atomic mass is 32.2. The van der Waals surface area contributed by atoms with Gasteiger partial charge in [0.1, 0.15) is 11.4 Å². The summed E-state index contributed by atoms with van der Waals surface area (Å²) in [6.07, 6.45) is 3.20. The second-order valence-electron chi connectivity index (χ2n) is 9.82. The molecule has 218 valence electrons. The normalized spacial score (nSPS) is 13.1. The third-order valence-electron chi connectivity index (χ3n) is 7.14. The number of aromatic amines is 1. The number of carbonyl (C=O) groups excluding carboxylic acids is 1. The van der Waals surface area contributed by atoms with Crippen LogP contribution in [0.3, 0.4) is 0 Å². The van der Waals surface area contributed by atoms with E-state index in [9.17, 15) is 18.0 Å². The molecule has 1 aliphatic rings. The minimum Gasteiger partial charge on any atom is -0.496 e. The number of fused-ring (bicyclic) bond motifs is 1. The van der Waals surface area contributed by atoms with E-state index in [4.69, 9.17) is 9.26 Å². The molecule has 0 saturated heterocycles. The Balaban J connectivity index is 0.00000353. The van der Waals surface area contributed by atoms with Crippen LogP contribution in [0, 0.1) is 0 Å². The van der Waals surface area contributed by atoms with Gasteiger partial charge in [0, 0.05) is 28.2 Å². The number of H-pyrrole nitrogens is 1. The Hall–Kier alpha value is -4.71. The Bertz CT molecular complexity index is 1950. The highest BCUT2D eigenvalue weighted by Gasteiger charge is 2.38. The summed E-state index contributed by atoms with van der Waals surface area (Å²) < 4.78 is 40.5. The van der Waals surface area contributed by atoms with Gasteiger partial charge in [0.2, 0.25) is 10.0 Å². The van der Waals surface area contributed by atoms with Crippen LogP contribution in [0.25, 0.3) is 33.5 Å². The van der Waals surface area contributed by atoms with E-state index in [2.05, 4.69) is 19.8 Å². The average Bonchev–Trinajstić information content (AvgIpc) is 3.67. The molecule has 0 bridgehead atoms. The minimum atomic E-state index is -3.89. The van der Waals surface area contributed by atoms with Crippen molar-refractivity contribution in [3.63, 3.8) is 0 Å². The zero-order chi connectivity index (χ0) is 28.7. The van der Waals surface area contributed by atoms with Crippen molar-refractivity contribution in [1.29, 1.82) is 0 Å². The number of sulfonamides is 1. The molecule has 3 heterocycles. The number of aromatic nitrogens is 4. The van der Waals surface area contributed by atoms with Gasteiger partial charge in [-0.2, -0.15) is 4.98 Å². The predicted molar refractivity (Wildman–Crippen MR) is 159 cm³/mol. The molecule has 0 atom stereocenters. The zero-order valence-electron chi connectivity index (χ0n) is 22.4. The molecule has 1 fully saturated rings. The molecule has 11 nitrogen and oxygen atoms in total. The number of rotatable bonds is 9. The number of amides is 1. The molecule has 6 rings (SSSR count). The molecule has 2 aromatic carbocycles. The predicted octanol–water partition coefficient (Wildman–Crippen LogP) is 4.52. The van der Waals surface area contributed by atoms with Gasteiger partial charge in [-0.05, 0) is 61.2 Å². The maximum Gasteiger partial charge on any atom is 0.282 e. The number of hydrogen-bond donors (Lipinski definition) is 2. The van der Waals surface area contributed by atoms with Gasteiger partial charge >= 0.3 is 0 Å². The van der Waals surface area contributed by atoms with E-state index in [-0.39, 0.29) is 36.9 Å². The number of benzene rings is 2. The van der Waals surface area contributed by atoms with Crippen molar-refractivity contribution in [3.8, 4) is 28.3 Å². The number of pyridine rings is 1. The van der Waals surface area contributed by atoms with E-state index in [1.54, 1.807) is 35.9 Å². The van der Waals surface area contributed by atoms with Crippen LogP contribution in [0.1, 0.15) is 49.1 Å². The molecule has 1 amide bonds. The quantitative estimate of drug-likeness (QED) is 0.255. The summed E-state index contributed by atoms with van der Waals surface area (Å²) in [5, 5.41) is 4.15. The van der Waals surface area contributed by atoms with Gasteiger partial charge in [-0.3, -0.25) is 9.59 Å². The van der Waals surface area contributed by atoms with Crippen molar-refractivity contribution in [3.05, 3.63) is 88.2 Å². The van der Waals surface area contributed by atoms with E-state index in [1.165, 1.54) is 6.20 Å². The summed E-state index contributed by atoms with van der Waals surface area (Å²) in [5.41, 5.74) is 2.36. The molecular weight excluding hydrogens is 558 g/mol. The van der Waals surface area contributed by atoms with Crippen LogP contribution in [0.5, 0.6) is 5.75 Å². The molecular formula is C30H31N5O6S. The molecule has 2 N–H and O–H groups in total. The van der Waals surface area contributed by atoms with E-state index >= 15 is 0 Å². The van der Waals surface area contributed by atoms with Crippen LogP contribution in [0.15, 0.2) is 70.1 Å². The number of nitrogens with zero attached hydrogens (tertiary/aromatic N) is 3. The molecule has 5 aromatic rings. The Morgan fingerprint density at radius 3 is 2.62 bits per heavy atom. The Morgan fingerprint density at radius 1 is 1.14 bits per heavy atom. The lowest BCUT2D eigenvalue weighted by Gasteiger charge is -2.11. The lowest BCUT2D eigenvalue weighted by molar-refractivity contribution is 0.0973. The summed E-state index contributed by atoms with van der Waals surface area (Å²) in [5.74, 6) is 0.189. The van der Waals surface area contributed by atoms with Crippen LogP contribution < -0.4 is 15.0 Å². The number of carbonyl (C=O) groups is 1. The second-order valence-corrected chi connectivity index (χ2v) is 11.8. The van der Waals surface area contributed by atoms with Gasteiger partial charge in [-0.15, -0.1) is 0 Å². The average molecular weight is 590 g/mol. The summed E-state index contributed by atoms with van der Waals surface area (Å²) in [4.78, 5) is 34.1. The number of methoxy groups -OCH3 is 1. The number of hydrogen-bond acceptors (Lipinski definition) is 8. The number of nitrogens with one attached hydrogen (secondary N) is 2. The Kier molecular flexibility index (Phi) is 7.74. The van der Waals surface area contributed by atoms with Crippen LogP contribution in [-0.4, -0.2) is 46.4 Å². The maximum atomic E-state index is 13.8. The van der Waals surface area contributed by atoms with Crippen LogP contribution in [0.4, 0.5) is 0 Å². The topological polar surface area (TPSA) is 149 Å². The van der Waals surface area contributed by atoms with Crippen molar-refractivity contribution in [1.82, 2.24) is 24.4 Å². The summed E-state index contributed by atoms with van der Waals surface area (Å²) in [6, 6.07) is 16.2. The molecule has 0 radical (unpaired) electrons.